The van der Waals surface area contributed by atoms with Gasteiger partial charge in [0, 0.05) is 53.3 Å². The Morgan fingerprint density at radius 1 is 0.926 bits per heavy atom. The molecule has 0 radical (unpaired) electrons. The first kappa shape index (κ1) is 40.0. The normalized spacial score (nSPS) is 22.1. The van der Waals surface area contributed by atoms with E-state index in [0.29, 0.717) is 11.8 Å². The Kier molecular flexibility index (Phi) is 12.6. The molecule has 8 nitrogen and oxygen atoms in total. The van der Waals surface area contributed by atoms with Crippen LogP contribution < -0.4 is 0 Å². The monoisotopic (exact) mass is 766 g/mol. The number of imidazole rings is 2. The van der Waals surface area contributed by atoms with Crippen LogP contribution >= 0.6 is 24.4 Å². The van der Waals surface area contributed by atoms with E-state index < -0.39 is 4.87 Å². The number of fused-ring (bicyclic) bond motifs is 1. The second-order valence-electron chi connectivity index (χ2n) is 15.8. The summed E-state index contributed by atoms with van der Waals surface area (Å²) in [6.45, 7) is 16.5. The Hall–Kier alpha value is -3.68. The van der Waals surface area contributed by atoms with Crippen LogP contribution in [0, 0.1) is 35.5 Å². The number of H-pyrrole nitrogens is 2. The van der Waals surface area contributed by atoms with Crippen LogP contribution in [-0.4, -0.2) is 72.2 Å². The molecule has 2 aromatic heterocycles. The molecule has 2 aliphatic heterocycles. The Labute approximate surface area is 331 Å². The largest absolute Gasteiger partial charge is 0.342 e. The zero-order valence-corrected chi connectivity index (χ0v) is 35.0. The van der Waals surface area contributed by atoms with Crippen molar-refractivity contribution < 1.29 is 9.59 Å². The molecule has 6 rings (SSSR count). The van der Waals surface area contributed by atoms with Crippen LogP contribution in [-0.2, 0) is 14.5 Å². The first-order valence-electron chi connectivity index (χ1n) is 19.9. The standard InChI is InChI=1S/C44H58N6O2S2/c1-9-27(3)29(5)42(52)50-24-12-22-44(50,54-8)43-47-35-21-18-33(25-36(35)48-43)15-14-32-16-19-34(20-17-32)37-26-45-40(46-37)30(6)38-13-11-23-49(38)41(51)31(7)39(53)28(4)10-2/h16-21,25-31,38-39,53H,9-13,22-24H2,1-8H3,(H,45,46)(H,47,48). The molecule has 54 heavy (non-hydrogen) atoms. The Bertz CT molecular complexity index is 1990. The van der Waals surface area contributed by atoms with Gasteiger partial charge in [-0.1, -0.05) is 85.3 Å². The van der Waals surface area contributed by atoms with Gasteiger partial charge in [-0.15, -0.1) is 11.8 Å². The van der Waals surface area contributed by atoms with Gasteiger partial charge in [0.25, 0.3) is 0 Å². The molecule has 0 spiro atoms. The van der Waals surface area contributed by atoms with E-state index in [1.165, 1.54) is 0 Å². The number of likely N-dealkylation sites (tertiary alicyclic amines) is 2. The maximum Gasteiger partial charge on any atom is 0.227 e. The summed E-state index contributed by atoms with van der Waals surface area (Å²) < 4.78 is 0. The number of carbonyl (C=O) groups excluding carboxylic acids is 2. The third-order valence-corrected chi connectivity index (χ3v) is 14.8. The third-order valence-electron chi connectivity index (χ3n) is 12.5. The van der Waals surface area contributed by atoms with Crippen LogP contribution in [0.5, 0.6) is 0 Å². The van der Waals surface area contributed by atoms with Crippen molar-refractivity contribution in [3.8, 4) is 23.1 Å². The van der Waals surface area contributed by atoms with Gasteiger partial charge >= 0.3 is 0 Å². The summed E-state index contributed by atoms with van der Waals surface area (Å²) in [6.07, 6.45) is 9.81. The highest BCUT2D eigenvalue weighted by Gasteiger charge is 2.48. The molecular weight excluding hydrogens is 709 g/mol. The maximum atomic E-state index is 13.7. The van der Waals surface area contributed by atoms with Crippen molar-refractivity contribution in [2.24, 2.45) is 23.7 Å². The predicted molar refractivity (Wildman–Crippen MR) is 225 cm³/mol. The van der Waals surface area contributed by atoms with Crippen LogP contribution in [0.25, 0.3) is 22.3 Å². The minimum atomic E-state index is -0.490. The van der Waals surface area contributed by atoms with Crippen LogP contribution in [0.2, 0.25) is 0 Å². The van der Waals surface area contributed by atoms with Crippen LogP contribution in [0.4, 0.5) is 0 Å². The average Bonchev–Trinajstić information content (AvgIpc) is 4.04. The summed E-state index contributed by atoms with van der Waals surface area (Å²) in [4.78, 5) is 47.9. The highest BCUT2D eigenvalue weighted by molar-refractivity contribution is 7.99. The summed E-state index contributed by atoms with van der Waals surface area (Å²) in [5, 5.41) is 0.0539. The number of hydrogen-bond acceptors (Lipinski definition) is 6. The predicted octanol–water partition coefficient (Wildman–Crippen LogP) is 9.25. The first-order chi connectivity index (χ1) is 25.9. The molecule has 2 amide bonds. The van der Waals surface area contributed by atoms with E-state index in [0.717, 1.165) is 96.7 Å². The number of thioether (sulfide) groups is 1. The fourth-order valence-corrected chi connectivity index (χ4v) is 9.63. The average molecular weight is 767 g/mol. The zero-order chi connectivity index (χ0) is 38.7. The van der Waals surface area contributed by atoms with E-state index in [1.807, 2.05) is 37.4 Å². The Morgan fingerprint density at radius 2 is 1.63 bits per heavy atom. The molecule has 2 N–H and O–H groups in total. The third kappa shape index (κ3) is 7.86. The van der Waals surface area contributed by atoms with Gasteiger partial charge in [-0.2, -0.15) is 12.6 Å². The van der Waals surface area contributed by atoms with Gasteiger partial charge in [0.15, 0.2) is 0 Å². The van der Waals surface area contributed by atoms with Crippen molar-refractivity contribution >= 4 is 47.2 Å². The second kappa shape index (κ2) is 17.0. The number of thiol groups is 1. The second-order valence-corrected chi connectivity index (χ2v) is 17.5. The molecule has 4 heterocycles. The number of nitrogens with zero attached hydrogens (tertiary/aromatic N) is 4. The number of amides is 2. The number of aromatic amines is 2. The fourth-order valence-electron chi connectivity index (χ4n) is 8.25. The summed E-state index contributed by atoms with van der Waals surface area (Å²) in [6, 6.07) is 14.4. The topological polar surface area (TPSA) is 98.0 Å². The minimum Gasteiger partial charge on any atom is -0.342 e. The molecule has 2 aromatic carbocycles. The van der Waals surface area contributed by atoms with E-state index in [4.69, 9.17) is 22.6 Å². The number of carbonyl (C=O) groups is 2. The molecule has 2 saturated heterocycles. The highest BCUT2D eigenvalue weighted by Crippen LogP contribution is 2.47. The smallest absolute Gasteiger partial charge is 0.227 e. The molecule has 0 bridgehead atoms. The molecule has 2 aliphatic rings. The lowest BCUT2D eigenvalue weighted by atomic mass is 9.92. The number of benzene rings is 2. The lowest BCUT2D eigenvalue weighted by Gasteiger charge is -2.37. The fraction of sp³-hybridized carbons (Fsp3) is 0.545. The van der Waals surface area contributed by atoms with E-state index in [2.05, 4.69) is 97.6 Å². The van der Waals surface area contributed by atoms with E-state index >= 15 is 0 Å². The van der Waals surface area contributed by atoms with Gasteiger partial charge < -0.3 is 19.8 Å². The molecule has 8 atom stereocenters. The Morgan fingerprint density at radius 3 is 2.33 bits per heavy atom. The first-order valence-corrected chi connectivity index (χ1v) is 21.7. The van der Waals surface area contributed by atoms with Crippen LogP contribution in [0.1, 0.15) is 116 Å². The SMILES string of the molecule is CCC(C)C(C)C(=O)N1CCCC1(SC)c1nc2ccc(C#Cc3ccc(-c4cnc(C(C)C5CCCN5C(=O)C(C)C(S)C(C)CC)[nH]4)cc3)cc2[nH]1. The summed E-state index contributed by atoms with van der Waals surface area (Å²) >= 11 is 6.53. The summed E-state index contributed by atoms with van der Waals surface area (Å²) in [5.74, 6) is 9.52. The zero-order valence-electron chi connectivity index (χ0n) is 33.3. The summed E-state index contributed by atoms with van der Waals surface area (Å²) in [7, 11) is 0. The van der Waals surface area contributed by atoms with Crippen molar-refractivity contribution in [3.05, 3.63) is 71.4 Å². The van der Waals surface area contributed by atoms with Gasteiger partial charge in [-0.25, -0.2) is 9.97 Å². The molecule has 10 heteroatoms. The highest BCUT2D eigenvalue weighted by atomic mass is 32.2. The van der Waals surface area contributed by atoms with Gasteiger partial charge in [-0.05, 0) is 79.7 Å². The van der Waals surface area contributed by atoms with Crippen molar-refractivity contribution in [1.82, 2.24) is 29.7 Å². The molecule has 8 unspecified atom stereocenters. The lowest BCUT2D eigenvalue weighted by molar-refractivity contribution is -0.138. The van der Waals surface area contributed by atoms with E-state index in [1.54, 1.807) is 11.8 Å². The van der Waals surface area contributed by atoms with Crippen molar-refractivity contribution in [1.29, 1.82) is 0 Å². The summed E-state index contributed by atoms with van der Waals surface area (Å²) in [5.41, 5.74) is 5.62. The van der Waals surface area contributed by atoms with Gasteiger partial charge in [-0.3, -0.25) is 9.59 Å². The van der Waals surface area contributed by atoms with Crippen molar-refractivity contribution in [3.63, 3.8) is 0 Å². The molecule has 288 valence electrons. The molecule has 0 saturated carbocycles. The number of hydrogen-bond donors (Lipinski definition) is 3. The van der Waals surface area contributed by atoms with Gasteiger partial charge in [0.05, 0.1) is 22.9 Å². The molecule has 4 aromatic rings. The van der Waals surface area contributed by atoms with E-state index in [9.17, 15) is 9.59 Å². The maximum absolute atomic E-state index is 13.7. The minimum absolute atomic E-state index is 0.0261. The van der Waals surface area contributed by atoms with Crippen LogP contribution in [0.15, 0.2) is 48.7 Å². The Balaban J connectivity index is 1.13. The lowest BCUT2D eigenvalue weighted by Crippen LogP contribution is -2.46. The quantitative estimate of drug-likeness (QED) is 0.0987. The van der Waals surface area contributed by atoms with Crippen LogP contribution in [0.3, 0.4) is 0 Å². The number of nitrogens with one attached hydrogen (secondary N) is 2. The molecule has 0 aliphatic carbocycles. The number of rotatable bonds is 12. The van der Waals surface area contributed by atoms with Crippen molar-refractivity contribution in [2.45, 2.75) is 109 Å². The van der Waals surface area contributed by atoms with Crippen molar-refractivity contribution in [2.75, 3.05) is 19.3 Å². The van der Waals surface area contributed by atoms with Gasteiger partial charge in [0.2, 0.25) is 11.8 Å². The van der Waals surface area contributed by atoms with E-state index in [-0.39, 0.29) is 40.9 Å². The van der Waals surface area contributed by atoms with Gasteiger partial charge in [0.1, 0.15) is 16.5 Å². The molecule has 2 fully saturated rings. The number of aromatic nitrogens is 4. The molecular formula is C44H58N6O2S2.